The van der Waals surface area contributed by atoms with Crippen LogP contribution in [-0.2, 0) is 0 Å². The van der Waals surface area contributed by atoms with E-state index in [1.165, 1.54) is 10.5 Å². The number of hydrogen-bond donors (Lipinski definition) is 2. The lowest BCUT2D eigenvalue weighted by Crippen LogP contribution is -2.60. The highest BCUT2D eigenvalue weighted by molar-refractivity contribution is 7.99. The normalized spacial score (nSPS) is 32.5. The zero-order valence-corrected chi connectivity index (χ0v) is 12.9. The zero-order valence-electron chi connectivity index (χ0n) is 11.3. The largest absolute Gasteiger partial charge is 0.392 e. The van der Waals surface area contributed by atoms with Crippen molar-refractivity contribution >= 4 is 23.4 Å². The van der Waals surface area contributed by atoms with E-state index in [4.69, 9.17) is 11.6 Å². The van der Waals surface area contributed by atoms with Gasteiger partial charge in [0, 0.05) is 27.4 Å². The fourth-order valence-electron chi connectivity index (χ4n) is 2.97. The van der Waals surface area contributed by atoms with E-state index >= 15 is 0 Å². The van der Waals surface area contributed by atoms with Crippen LogP contribution < -0.4 is 5.32 Å². The van der Waals surface area contributed by atoms with Gasteiger partial charge < -0.3 is 10.4 Å². The molecule has 104 valence electrons. The minimum atomic E-state index is -0.179. The van der Waals surface area contributed by atoms with Crippen LogP contribution in [0.5, 0.6) is 0 Å². The molecular formula is C15H20ClNOS. The Morgan fingerprint density at radius 3 is 2.89 bits per heavy atom. The quantitative estimate of drug-likeness (QED) is 0.874. The summed E-state index contributed by atoms with van der Waals surface area (Å²) in [5, 5.41) is 14.4. The van der Waals surface area contributed by atoms with Gasteiger partial charge in [0.15, 0.2) is 0 Å². The summed E-state index contributed by atoms with van der Waals surface area (Å²) in [6.07, 6.45) is 1.80. The number of fused-ring (bicyclic) bond motifs is 1. The van der Waals surface area contributed by atoms with Gasteiger partial charge in [-0.2, -0.15) is 0 Å². The number of aliphatic hydroxyl groups is 1. The molecule has 1 aliphatic carbocycles. The summed E-state index contributed by atoms with van der Waals surface area (Å²) in [7, 11) is 0. The van der Waals surface area contributed by atoms with Gasteiger partial charge in [-0.25, -0.2) is 0 Å². The third kappa shape index (κ3) is 2.42. The fourth-order valence-corrected chi connectivity index (χ4v) is 4.25. The molecule has 1 fully saturated rings. The van der Waals surface area contributed by atoms with Crippen LogP contribution >= 0.6 is 23.4 Å². The molecule has 4 heteroatoms. The van der Waals surface area contributed by atoms with Crippen molar-refractivity contribution in [3.05, 3.63) is 28.8 Å². The number of thioether (sulfide) groups is 1. The van der Waals surface area contributed by atoms with Gasteiger partial charge in [0.2, 0.25) is 0 Å². The van der Waals surface area contributed by atoms with E-state index in [2.05, 4.69) is 31.3 Å². The van der Waals surface area contributed by atoms with E-state index in [-0.39, 0.29) is 11.5 Å². The SMILES string of the molecule is CC1(C)C(O)CC1NC1CCSc2ccc(Cl)cc21. The van der Waals surface area contributed by atoms with Crippen molar-refractivity contribution in [1.82, 2.24) is 5.32 Å². The molecule has 2 nitrogen and oxygen atoms in total. The van der Waals surface area contributed by atoms with Crippen LogP contribution in [0, 0.1) is 5.41 Å². The maximum Gasteiger partial charge on any atom is 0.0621 e. The van der Waals surface area contributed by atoms with Gasteiger partial charge in [-0.1, -0.05) is 25.4 Å². The lowest BCUT2D eigenvalue weighted by atomic mass is 9.64. The second-order valence-electron chi connectivity index (χ2n) is 6.16. The van der Waals surface area contributed by atoms with Crippen LogP contribution in [0.15, 0.2) is 23.1 Å². The molecule has 1 saturated carbocycles. The monoisotopic (exact) mass is 297 g/mol. The molecule has 2 N–H and O–H groups in total. The molecule has 3 atom stereocenters. The highest BCUT2D eigenvalue weighted by Gasteiger charge is 2.48. The highest BCUT2D eigenvalue weighted by Crippen LogP contribution is 2.44. The number of nitrogens with one attached hydrogen (secondary N) is 1. The van der Waals surface area contributed by atoms with Crippen LogP contribution in [0.1, 0.15) is 38.3 Å². The first kappa shape index (κ1) is 13.7. The van der Waals surface area contributed by atoms with Crippen LogP contribution in [0.4, 0.5) is 0 Å². The van der Waals surface area contributed by atoms with E-state index in [0.29, 0.717) is 12.1 Å². The first-order chi connectivity index (χ1) is 8.98. The van der Waals surface area contributed by atoms with Crippen molar-refractivity contribution in [2.45, 2.75) is 49.8 Å². The standard InChI is InChI=1S/C15H20ClNOS/c1-15(2)13(8-14(15)18)17-11-5-6-19-12-4-3-9(16)7-10(11)12/h3-4,7,11,13-14,17-18H,5-6,8H2,1-2H3. The summed E-state index contributed by atoms with van der Waals surface area (Å²) in [6, 6.07) is 6.93. The topological polar surface area (TPSA) is 32.3 Å². The third-order valence-corrected chi connectivity index (χ3v) is 5.99. The maximum absolute atomic E-state index is 9.85. The smallest absolute Gasteiger partial charge is 0.0621 e. The Bertz CT molecular complexity index is 491. The summed E-state index contributed by atoms with van der Waals surface area (Å²) in [6.45, 7) is 4.27. The van der Waals surface area contributed by atoms with Gasteiger partial charge in [-0.3, -0.25) is 0 Å². The molecule has 1 aromatic rings. The van der Waals surface area contributed by atoms with Crippen LogP contribution in [0.25, 0.3) is 0 Å². The Kier molecular flexibility index (Phi) is 3.59. The number of aliphatic hydroxyl groups excluding tert-OH is 1. The van der Waals surface area contributed by atoms with Gasteiger partial charge in [0.05, 0.1) is 6.10 Å². The molecular weight excluding hydrogens is 278 g/mol. The second-order valence-corrected chi connectivity index (χ2v) is 7.74. The van der Waals surface area contributed by atoms with Crippen molar-refractivity contribution in [2.24, 2.45) is 5.41 Å². The van der Waals surface area contributed by atoms with E-state index in [0.717, 1.165) is 23.6 Å². The van der Waals surface area contributed by atoms with E-state index in [1.54, 1.807) is 0 Å². The molecule has 19 heavy (non-hydrogen) atoms. The Balaban J connectivity index is 1.79. The zero-order chi connectivity index (χ0) is 13.6. The molecule has 0 saturated heterocycles. The predicted molar refractivity (Wildman–Crippen MR) is 80.9 cm³/mol. The molecule has 1 heterocycles. The first-order valence-electron chi connectivity index (χ1n) is 6.85. The molecule has 0 spiro atoms. The number of hydrogen-bond acceptors (Lipinski definition) is 3. The minimum absolute atomic E-state index is 0.0245. The Hall–Kier alpha value is -0.220. The van der Waals surface area contributed by atoms with Crippen molar-refractivity contribution in [1.29, 1.82) is 0 Å². The fraction of sp³-hybridized carbons (Fsp3) is 0.600. The average Bonchev–Trinajstić information content (AvgIpc) is 2.39. The summed E-state index contributed by atoms with van der Waals surface area (Å²) in [5.41, 5.74) is 1.30. The Morgan fingerprint density at radius 1 is 1.42 bits per heavy atom. The highest BCUT2D eigenvalue weighted by atomic mass is 35.5. The van der Waals surface area contributed by atoms with Crippen molar-refractivity contribution in [3.63, 3.8) is 0 Å². The van der Waals surface area contributed by atoms with Crippen LogP contribution in [-0.4, -0.2) is 23.0 Å². The van der Waals surface area contributed by atoms with E-state index in [1.807, 2.05) is 17.8 Å². The molecule has 3 unspecified atom stereocenters. The molecule has 1 aromatic carbocycles. The molecule has 3 rings (SSSR count). The van der Waals surface area contributed by atoms with Crippen molar-refractivity contribution in [2.75, 3.05) is 5.75 Å². The minimum Gasteiger partial charge on any atom is -0.392 e. The van der Waals surface area contributed by atoms with Crippen LogP contribution in [0.2, 0.25) is 5.02 Å². The number of rotatable bonds is 2. The third-order valence-electron chi connectivity index (χ3n) is 4.63. The van der Waals surface area contributed by atoms with Gasteiger partial charge in [-0.15, -0.1) is 11.8 Å². The summed E-state index contributed by atoms with van der Waals surface area (Å²) in [5.74, 6) is 1.14. The number of benzene rings is 1. The first-order valence-corrected chi connectivity index (χ1v) is 8.21. The summed E-state index contributed by atoms with van der Waals surface area (Å²) < 4.78 is 0. The second kappa shape index (κ2) is 4.96. The molecule has 0 radical (unpaired) electrons. The molecule has 0 bridgehead atoms. The van der Waals surface area contributed by atoms with E-state index in [9.17, 15) is 5.11 Å². The molecule has 0 aromatic heterocycles. The average molecular weight is 298 g/mol. The van der Waals surface area contributed by atoms with E-state index < -0.39 is 0 Å². The Labute approximate surface area is 123 Å². The summed E-state index contributed by atoms with van der Waals surface area (Å²) >= 11 is 8.03. The van der Waals surface area contributed by atoms with Crippen molar-refractivity contribution in [3.8, 4) is 0 Å². The molecule has 2 aliphatic rings. The lowest BCUT2D eigenvalue weighted by Gasteiger charge is -2.51. The predicted octanol–water partition coefficient (Wildman–Crippen LogP) is 3.63. The van der Waals surface area contributed by atoms with Gasteiger partial charge in [0.1, 0.15) is 0 Å². The van der Waals surface area contributed by atoms with Gasteiger partial charge >= 0.3 is 0 Å². The number of halogens is 1. The lowest BCUT2D eigenvalue weighted by molar-refractivity contribution is -0.0763. The van der Waals surface area contributed by atoms with Crippen LogP contribution in [0.3, 0.4) is 0 Å². The molecule has 0 amide bonds. The summed E-state index contributed by atoms with van der Waals surface area (Å²) in [4.78, 5) is 1.34. The van der Waals surface area contributed by atoms with Gasteiger partial charge in [0.25, 0.3) is 0 Å². The van der Waals surface area contributed by atoms with Crippen molar-refractivity contribution < 1.29 is 5.11 Å². The molecule has 1 aliphatic heterocycles. The maximum atomic E-state index is 9.85. The Morgan fingerprint density at radius 2 is 2.21 bits per heavy atom. The van der Waals surface area contributed by atoms with Gasteiger partial charge in [-0.05, 0) is 42.4 Å².